The van der Waals surface area contributed by atoms with Crippen molar-refractivity contribution in [3.63, 3.8) is 0 Å². The second kappa shape index (κ2) is 7.79. The first-order valence-electron chi connectivity index (χ1n) is 7.43. The van der Waals surface area contributed by atoms with Crippen molar-refractivity contribution >= 4 is 11.8 Å². The third kappa shape index (κ3) is 4.60. The number of para-hydroxylation sites is 2. The molecule has 20 heavy (non-hydrogen) atoms. The first-order chi connectivity index (χ1) is 9.73. The highest BCUT2D eigenvalue weighted by molar-refractivity contribution is 8.00. The Kier molecular flexibility index (Phi) is 6.05. The molecular formula is C16H25NO2S. The van der Waals surface area contributed by atoms with Crippen LogP contribution in [0.15, 0.2) is 24.3 Å². The molecule has 4 heteroatoms. The molecular weight excluding hydrogens is 270 g/mol. The molecule has 1 N–H and O–H groups in total. The average molecular weight is 295 g/mol. The van der Waals surface area contributed by atoms with Gasteiger partial charge >= 0.3 is 0 Å². The summed E-state index contributed by atoms with van der Waals surface area (Å²) in [5.74, 6) is 2.96. The van der Waals surface area contributed by atoms with Crippen molar-refractivity contribution in [2.45, 2.75) is 31.4 Å². The normalized spacial score (nSPS) is 21.9. The molecule has 0 spiro atoms. The van der Waals surface area contributed by atoms with Crippen LogP contribution in [-0.4, -0.2) is 36.8 Å². The van der Waals surface area contributed by atoms with Gasteiger partial charge in [0.2, 0.25) is 0 Å². The van der Waals surface area contributed by atoms with E-state index < -0.39 is 0 Å². The minimum absolute atomic E-state index is 0.420. The largest absolute Gasteiger partial charge is 0.490 e. The molecule has 1 aromatic carbocycles. The highest BCUT2D eigenvalue weighted by Crippen LogP contribution is 2.36. The Balaban J connectivity index is 1.68. The second-order valence-electron chi connectivity index (χ2n) is 5.31. The molecule has 1 heterocycles. The van der Waals surface area contributed by atoms with Gasteiger partial charge in [-0.3, -0.25) is 0 Å². The van der Waals surface area contributed by atoms with Gasteiger partial charge in [-0.05, 0) is 44.6 Å². The highest BCUT2D eigenvalue weighted by atomic mass is 32.2. The van der Waals surface area contributed by atoms with Crippen LogP contribution in [0.1, 0.15) is 26.7 Å². The molecule has 1 saturated heterocycles. The van der Waals surface area contributed by atoms with Gasteiger partial charge in [0.25, 0.3) is 0 Å². The van der Waals surface area contributed by atoms with Crippen molar-refractivity contribution in [2.24, 2.45) is 0 Å². The molecule has 0 saturated carbocycles. The molecule has 1 aliphatic heterocycles. The third-order valence-electron chi connectivity index (χ3n) is 3.48. The fourth-order valence-corrected chi connectivity index (χ4v) is 3.68. The number of hydrogen-bond donors (Lipinski definition) is 1. The van der Waals surface area contributed by atoms with Crippen molar-refractivity contribution in [3.8, 4) is 11.5 Å². The molecule has 1 fully saturated rings. The maximum Gasteiger partial charge on any atom is 0.161 e. The zero-order valence-corrected chi connectivity index (χ0v) is 13.3. The van der Waals surface area contributed by atoms with Crippen LogP contribution in [-0.2, 0) is 0 Å². The molecule has 0 bridgehead atoms. The molecule has 1 atom stereocenters. The number of rotatable bonds is 8. The average Bonchev–Trinajstić information content (AvgIpc) is 2.88. The Morgan fingerprint density at radius 2 is 2.00 bits per heavy atom. The quantitative estimate of drug-likeness (QED) is 0.745. The Morgan fingerprint density at radius 1 is 1.25 bits per heavy atom. The van der Waals surface area contributed by atoms with Crippen LogP contribution in [0.2, 0.25) is 0 Å². The summed E-state index contributed by atoms with van der Waals surface area (Å²) in [7, 11) is 0. The first-order valence-corrected chi connectivity index (χ1v) is 8.41. The summed E-state index contributed by atoms with van der Waals surface area (Å²) in [5, 5.41) is 3.50. The van der Waals surface area contributed by atoms with Crippen LogP contribution in [0.4, 0.5) is 0 Å². The number of hydrogen-bond acceptors (Lipinski definition) is 4. The van der Waals surface area contributed by atoms with Crippen LogP contribution in [0.5, 0.6) is 11.5 Å². The molecule has 2 rings (SSSR count). The standard InChI is InChI=1S/C16H25NO2S/c1-3-18-14-7-4-5-8-15(14)19-11-10-17-13-16(2)9-6-12-20-16/h4-5,7-8,17H,3,6,9-13H2,1-2H3. The van der Waals surface area contributed by atoms with Gasteiger partial charge in [0.1, 0.15) is 6.61 Å². The summed E-state index contributed by atoms with van der Waals surface area (Å²) in [4.78, 5) is 0. The number of benzene rings is 1. The van der Waals surface area contributed by atoms with Gasteiger partial charge in [0.15, 0.2) is 11.5 Å². The monoisotopic (exact) mass is 295 g/mol. The number of ether oxygens (including phenoxy) is 2. The topological polar surface area (TPSA) is 30.5 Å². The van der Waals surface area contributed by atoms with Crippen molar-refractivity contribution in [1.82, 2.24) is 5.32 Å². The molecule has 112 valence electrons. The van der Waals surface area contributed by atoms with E-state index in [1.54, 1.807) is 0 Å². The summed E-state index contributed by atoms with van der Waals surface area (Å²) in [6.45, 7) is 7.60. The van der Waals surface area contributed by atoms with Crippen LogP contribution in [0.3, 0.4) is 0 Å². The van der Waals surface area contributed by atoms with E-state index in [1.165, 1.54) is 18.6 Å². The van der Waals surface area contributed by atoms with E-state index in [4.69, 9.17) is 9.47 Å². The van der Waals surface area contributed by atoms with E-state index in [1.807, 2.05) is 31.2 Å². The lowest BCUT2D eigenvalue weighted by atomic mass is 10.1. The van der Waals surface area contributed by atoms with Gasteiger partial charge < -0.3 is 14.8 Å². The van der Waals surface area contributed by atoms with Crippen molar-refractivity contribution in [3.05, 3.63) is 24.3 Å². The lowest BCUT2D eigenvalue weighted by Gasteiger charge is -2.23. The molecule has 1 aliphatic rings. The fourth-order valence-electron chi connectivity index (χ4n) is 2.41. The van der Waals surface area contributed by atoms with Crippen molar-refractivity contribution in [2.75, 3.05) is 32.1 Å². The molecule has 0 aliphatic carbocycles. The van der Waals surface area contributed by atoms with E-state index in [2.05, 4.69) is 24.0 Å². The maximum absolute atomic E-state index is 5.79. The van der Waals surface area contributed by atoms with Crippen molar-refractivity contribution < 1.29 is 9.47 Å². The predicted octanol–water partition coefficient (Wildman–Crippen LogP) is 3.34. The summed E-state index contributed by atoms with van der Waals surface area (Å²) < 4.78 is 11.8. The lowest BCUT2D eigenvalue weighted by Crippen LogP contribution is -2.35. The van der Waals surface area contributed by atoms with Gasteiger partial charge in [-0.1, -0.05) is 12.1 Å². The molecule has 0 radical (unpaired) electrons. The van der Waals surface area contributed by atoms with Crippen LogP contribution in [0, 0.1) is 0 Å². The summed E-state index contributed by atoms with van der Waals surface area (Å²) in [6, 6.07) is 7.84. The third-order valence-corrected chi connectivity index (χ3v) is 5.02. The van der Waals surface area contributed by atoms with Crippen LogP contribution >= 0.6 is 11.8 Å². The number of nitrogens with one attached hydrogen (secondary N) is 1. The van der Waals surface area contributed by atoms with E-state index >= 15 is 0 Å². The molecule has 3 nitrogen and oxygen atoms in total. The van der Waals surface area contributed by atoms with Crippen LogP contribution < -0.4 is 14.8 Å². The Bertz CT molecular complexity index is 405. The Hall–Kier alpha value is -0.870. The Morgan fingerprint density at radius 3 is 2.65 bits per heavy atom. The molecule has 1 unspecified atom stereocenters. The lowest BCUT2D eigenvalue weighted by molar-refractivity contribution is 0.275. The van der Waals surface area contributed by atoms with Gasteiger partial charge in [0.05, 0.1) is 6.61 Å². The predicted molar refractivity (Wildman–Crippen MR) is 86.1 cm³/mol. The second-order valence-corrected chi connectivity index (χ2v) is 6.99. The first kappa shape index (κ1) is 15.5. The molecule has 1 aromatic rings. The summed E-state index contributed by atoms with van der Waals surface area (Å²) in [5.41, 5.74) is 0. The smallest absolute Gasteiger partial charge is 0.161 e. The van der Waals surface area contributed by atoms with E-state index in [0.717, 1.165) is 24.6 Å². The van der Waals surface area contributed by atoms with E-state index in [0.29, 0.717) is 18.0 Å². The zero-order valence-electron chi connectivity index (χ0n) is 12.5. The van der Waals surface area contributed by atoms with Gasteiger partial charge in [-0.2, -0.15) is 11.8 Å². The number of thioether (sulfide) groups is 1. The minimum atomic E-state index is 0.420. The summed E-state index contributed by atoms with van der Waals surface area (Å²) in [6.07, 6.45) is 2.67. The highest BCUT2D eigenvalue weighted by Gasteiger charge is 2.28. The fraction of sp³-hybridized carbons (Fsp3) is 0.625. The SMILES string of the molecule is CCOc1ccccc1OCCNCC1(C)CCCS1. The van der Waals surface area contributed by atoms with E-state index in [-0.39, 0.29) is 0 Å². The zero-order chi connectivity index (χ0) is 14.3. The maximum atomic E-state index is 5.79. The molecule has 0 aromatic heterocycles. The molecule has 0 amide bonds. The Labute approximate surface area is 126 Å². The minimum Gasteiger partial charge on any atom is -0.490 e. The van der Waals surface area contributed by atoms with Crippen molar-refractivity contribution in [1.29, 1.82) is 0 Å². The van der Waals surface area contributed by atoms with Gasteiger partial charge in [-0.15, -0.1) is 0 Å². The van der Waals surface area contributed by atoms with Gasteiger partial charge in [-0.25, -0.2) is 0 Å². The van der Waals surface area contributed by atoms with Crippen LogP contribution in [0.25, 0.3) is 0 Å². The van der Waals surface area contributed by atoms with Gasteiger partial charge in [0, 0.05) is 17.8 Å². The van der Waals surface area contributed by atoms with E-state index in [9.17, 15) is 0 Å². The summed E-state index contributed by atoms with van der Waals surface area (Å²) >= 11 is 2.08.